The van der Waals surface area contributed by atoms with Crippen molar-refractivity contribution >= 4 is 51.4 Å². The van der Waals surface area contributed by atoms with Gasteiger partial charge in [0.25, 0.3) is 0 Å². The summed E-state index contributed by atoms with van der Waals surface area (Å²) in [6.07, 6.45) is 14.9. The van der Waals surface area contributed by atoms with Crippen molar-refractivity contribution < 1.29 is 0 Å². The smallest absolute Gasteiger partial charge is 0.0537 e. The normalized spacial score (nSPS) is 14.2. The third-order valence-electron chi connectivity index (χ3n) is 6.46. The average Bonchev–Trinajstić information content (AvgIpc) is 3.31. The molecule has 2 nitrogen and oxygen atoms in total. The highest BCUT2D eigenvalue weighted by atomic mass is 15.0. The molecule has 0 amide bonds. The van der Waals surface area contributed by atoms with Gasteiger partial charge in [-0.15, -0.1) is 0 Å². The van der Waals surface area contributed by atoms with Gasteiger partial charge in [0.1, 0.15) is 0 Å². The second-order valence-corrected chi connectivity index (χ2v) is 8.23. The second-order valence-electron chi connectivity index (χ2n) is 8.23. The molecule has 0 saturated heterocycles. The van der Waals surface area contributed by atoms with Gasteiger partial charge in [0.15, 0.2) is 0 Å². The number of aryl methyl sites for hydroxylation is 1. The van der Waals surface area contributed by atoms with Crippen LogP contribution in [-0.2, 0) is 0 Å². The van der Waals surface area contributed by atoms with Crippen LogP contribution in [0.2, 0.25) is 0 Å². The molecule has 0 radical (unpaired) electrons. The lowest BCUT2D eigenvalue weighted by Crippen LogP contribution is -2.07. The maximum absolute atomic E-state index is 4.13. The van der Waals surface area contributed by atoms with Crippen LogP contribution in [0.15, 0.2) is 79.9 Å². The fourth-order valence-corrected chi connectivity index (χ4v) is 5.07. The van der Waals surface area contributed by atoms with Gasteiger partial charge in [0.05, 0.1) is 16.7 Å². The Hall–Kier alpha value is -3.78. The van der Waals surface area contributed by atoms with Crippen molar-refractivity contribution in [3.05, 3.63) is 102 Å². The minimum atomic E-state index is 0.983. The Balaban J connectivity index is 1.77. The van der Waals surface area contributed by atoms with Crippen molar-refractivity contribution in [2.75, 3.05) is 0 Å². The highest BCUT2D eigenvalue weighted by Crippen LogP contribution is 2.37. The van der Waals surface area contributed by atoms with Crippen LogP contribution in [0, 0.1) is 6.92 Å². The Morgan fingerprint density at radius 3 is 2.22 bits per heavy atom. The molecule has 0 aliphatic heterocycles. The lowest BCUT2D eigenvalue weighted by atomic mass is 10.1. The first-order valence-electron chi connectivity index (χ1n) is 11.2. The molecule has 0 saturated carbocycles. The molecule has 2 aromatic carbocycles. The summed E-state index contributed by atoms with van der Waals surface area (Å²) in [5.41, 5.74) is 9.75. The molecular formula is C30H28N2. The molecule has 0 atom stereocenters. The molecule has 0 bridgehead atoms. The lowest BCUT2D eigenvalue weighted by Gasteiger charge is -2.20. The van der Waals surface area contributed by atoms with Crippen LogP contribution in [0.25, 0.3) is 51.4 Å². The van der Waals surface area contributed by atoms with Crippen molar-refractivity contribution in [1.29, 1.82) is 0 Å². The van der Waals surface area contributed by atoms with E-state index in [0.29, 0.717) is 0 Å². The highest BCUT2D eigenvalue weighted by molar-refractivity contribution is 5.98. The van der Waals surface area contributed by atoms with Crippen molar-refractivity contribution in [2.45, 2.75) is 26.7 Å². The quantitative estimate of drug-likeness (QED) is 0.309. The minimum Gasteiger partial charge on any atom is -0.313 e. The van der Waals surface area contributed by atoms with E-state index in [-0.39, 0.29) is 0 Å². The first kappa shape index (κ1) is 20.1. The van der Waals surface area contributed by atoms with Crippen molar-refractivity contribution in [3.63, 3.8) is 0 Å². The van der Waals surface area contributed by atoms with E-state index in [9.17, 15) is 0 Å². The number of nitrogens with zero attached hydrogens (tertiary/aromatic N) is 2. The lowest BCUT2D eigenvalue weighted by molar-refractivity contribution is 0.945. The average molecular weight is 417 g/mol. The second kappa shape index (κ2) is 8.05. The molecular weight excluding hydrogens is 388 g/mol. The number of benzene rings is 2. The summed E-state index contributed by atoms with van der Waals surface area (Å²) in [5.74, 6) is 0. The number of rotatable bonds is 5. The molecule has 0 spiro atoms. The molecule has 0 fully saturated rings. The summed E-state index contributed by atoms with van der Waals surface area (Å²) < 4.78 is 4.76. The number of allylic oxidation sites excluding steroid dienone is 5. The molecule has 5 rings (SSSR count). The first-order chi connectivity index (χ1) is 15.7. The molecule has 1 aliphatic rings. The van der Waals surface area contributed by atoms with Gasteiger partial charge in [-0.05, 0) is 62.6 Å². The Kier molecular flexibility index (Phi) is 5.07. The molecule has 2 heteroatoms. The zero-order valence-electron chi connectivity index (χ0n) is 18.8. The summed E-state index contributed by atoms with van der Waals surface area (Å²) >= 11 is 0. The third-order valence-corrected chi connectivity index (χ3v) is 6.46. The van der Waals surface area contributed by atoms with E-state index in [4.69, 9.17) is 0 Å². The van der Waals surface area contributed by atoms with E-state index in [2.05, 4.69) is 109 Å². The predicted octanol–water partition coefficient (Wildman–Crippen LogP) is 8.40. The summed E-state index contributed by atoms with van der Waals surface area (Å²) in [6.45, 7) is 12.5. The van der Waals surface area contributed by atoms with E-state index in [0.717, 1.165) is 24.1 Å². The van der Waals surface area contributed by atoms with Gasteiger partial charge >= 0.3 is 0 Å². The first-order valence-corrected chi connectivity index (χ1v) is 11.2. The maximum Gasteiger partial charge on any atom is 0.0537 e. The van der Waals surface area contributed by atoms with E-state index in [1.807, 2.05) is 12.2 Å². The zero-order valence-corrected chi connectivity index (χ0v) is 18.8. The Labute approximate surface area is 189 Å². The fourth-order valence-electron chi connectivity index (χ4n) is 5.07. The molecule has 4 aromatic rings. The largest absolute Gasteiger partial charge is 0.313 e. The van der Waals surface area contributed by atoms with E-state index in [1.54, 1.807) is 0 Å². The summed E-state index contributed by atoms with van der Waals surface area (Å²) in [5, 5.41) is 2.51. The topological polar surface area (TPSA) is 9.86 Å². The van der Waals surface area contributed by atoms with E-state index in [1.165, 1.54) is 44.5 Å². The minimum absolute atomic E-state index is 0.983. The standard InChI is InChI=1S/C30H28N2/c1-5-13-28-21(4)25-16-8-10-18-29(25)32(28)23-15-12-14-22(20-23)31-27(7-3)24(6-2)26-17-9-11-19-30(26)31/h5-11,13,15-20H,2-3,12,14H2,1,4H3/b13-5-. The highest BCUT2D eigenvalue weighted by Gasteiger charge is 2.20. The number of para-hydroxylation sites is 2. The molecule has 1 aliphatic carbocycles. The zero-order chi connectivity index (χ0) is 22.2. The number of aromatic nitrogens is 2. The van der Waals surface area contributed by atoms with Crippen LogP contribution >= 0.6 is 0 Å². The van der Waals surface area contributed by atoms with Gasteiger partial charge in [-0.25, -0.2) is 0 Å². The third kappa shape index (κ3) is 2.95. The van der Waals surface area contributed by atoms with Crippen LogP contribution in [0.3, 0.4) is 0 Å². The SMILES string of the molecule is C=Cc1c(C=C)n(C2=CC(n3c(/C=C\C)c(C)c4ccccc43)=CCC2)c2ccccc12. The maximum atomic E-state index is 4.13. The Morgan fingerprint density at radius 2 is 1.53 bits per heavy atom. The van der Waals surface area contributed by atoms with Crippen LogP contribution in [0.4, 0.5) is 0 Å². The molecule has 0 unspecified atom stereocenters. The van der Waals surface area contributed by atoms with Crippen LogP contribution in [0.1, 0.15) is 42.3 Å². The molecule has 32 heavy (non-hydrogen) atoms. The van der Waals surface area contributed by atoms with Crippen molar-refractivity contribution in [3.8, 4) is 0 Å². The van der Waals surface area contributed by atoms with Crippen molar-refractivity contribution in [1.82, 2.24) is 9.13 Å². The van der Waals surface area contributed by atoms with E-state index >= 15 is 0 Å². The van der Waals surface area contributed by atoms with Gasteiger partial charge < -0.3 is 9.13 Å². The number of fused-ring (bicyclic) bond motifs is 2. The number of hydrogen-bond donors (Lipinski definition) is 0. The Morgan fingerprint density at radius 1 is 0.844 bits per heavy atom. The van der Waals surface area contributed by atoms with Crippen LogP contribution in [-0.4, -0.2) is 9.13 Å². The van der Waals surface area contributed by atoms with Gasteiger partial charge in [-0.3, -0.25) is 0 Å². The summed E-state index contributed by atoms with van der Waals surface area (Å²) in [7, 11) is 0. The van der Waals surface area contributed by atoms with Gasteiger partial charge in [0, 0.05) is 33.4 Å². The molecule has 2 aromatic heterocycles. The van der Waals surface area contributed by atoms with Gasteiger partial charge in [-0.1, -0.05) is 67.8 Å². The number of hydrogen-bond acceptors (Lipinski definition) is 0. The predicted molar refractivity (Wildman–Crippen MR) is 141 cm³/mol. The van der Waals surface area contributed by atoms with Crippen molar-refractivity contribution in [2.24, 2.45) is 0 Å². The monoisotopic (exact) mass is 416 g/mol. The van der Waals surface area contributed by atoms with Crippen LogP contribution in [0.5, 0.6) is 0 Å². The molecule has 0 N–H and O–H groups in total. The molecule has 2 heterocycles. The van der Waals surface area contributed by atoms with Crippen LogP contribution < -0.4 is 0 Å². The summed E-state index contributed by atoms with van der Waals surface area (Å²) in [6, 6.07) is 17.2. The van der Waals surface area contributed by atoms with Gasteiger partial charge in [-0.2, -0.15) is 0 Å². The Bertz CT molecular complexity index is 1460. The molecule has 158 valence electrons. The van der Waals surface area contributed by atoms with Gasteiger partial charge in [0.2, 0.25) is 0 Å². The van der Waals surface area contributed by atoms with E-state index < -0.39 is 0 Å². The fraction of sp³-hybridized carbons (Fsp3) is 0.133. The summed E-state index contributed by atoms with van der Waals surface area (Å²) in [4.78, 5) is 0.